The van der Waals surface area contributed by atoms with Gasteiger partial charge in [-0.3, -0.25) is 0 Å². The van der Waals surface area contributed by atoms with Gasteiger partial charge in [0.05, 0.1) is 17.3 Å². The maximum Gasteiger partial charge on any atom is 0.127 e. The highest BCUT2D eigenvalue weighted by Gasteiger charge is 2.19. The highest BCUT2D eigenvalue weighted by molar-refractivity contribution is 9.10. The van der Waals surface area contributed by atoms with Crippen LogP contribution in [0.5, 0.6) is 5.75 Å². The van der Waals surface area contributed by atoms with Crippen molar-refractivity contribution < 1.29 is 4.74 Å². The smallest absolute Gasteiger partial charge is 0.127 e. The van der Waals surface area contributed by atoms with Crippen LogP contribution in [0.4, 0.5) is 0 Å². The number of ether oxygens (including phenoxy) is 1. The van der Waals surface area contributed by atoms with Gasteiger partial charge in [-0.2, -0.15) is 0 Å². The third-order valence-electron chi connectivity index (χ3n) is 3.76. The number of halogens is 1. The summed E-state index contributed by atoms with van der Waals surface area (Å²) in [5.74, 6) is 1.06. The highest BCUT2D eigenvalue weighted by Crippen LogP contribution is 2.33. The Morgan fingerprint density at radius 2 is 2.24 bits per heavy atom. The number of benzene rings is 1. The van der Waals surface area contributed by atoms with Crippen LogP contribution in [0.1, 0.15) is 39.7 Å². The van der Waals surface area contributed by atoms with Crippen LogP contribution in [0.25, 0.3) is 0 Å². The van der Waals surface area contributed by atoms with Crippen molar-refractivity contribution in [2.75, 3.05) is 6.61 Å². The molecule has 112 valence electrons. The van der Waals surface area contributed by atoms with Crippen LogP contribution < -0.4 is 10.1 Å². The van der Waals surface area contributed by atoms with E-state index >= 15 is 0 Å². The van der Waals surface area contributed by atoms with E-state index in [2.05, 4.69) is 59.1 Å². The molecule has 1 atom stereocenters. The van der Waals surface area contributed by atoms with Crippen LogP contribution in [0.3, 0.4) is 0 Å². The molecule has 0 saturated carbocycles. The summed E-state index contributed by atoms with van der Waals surface area (Å²) in [6, 6.07) is 4.60. The molecule has 0 bridgehead atoms. The monoisotopic (exact) mass is 366 g/mol. The van der Waals surface area contributed by atoms with Gasteiger partial charge >= 0.3 is 0 Å². The van der Waals surface area contributed by atoms with Gasteiger partial charge in [-0.05, 0) is 38.5 Å². The van der Waals surface area contributed by atoms with Crippen molar-refractivity contribution in [3.63, 3.8) is 0 Å². The molecule has 1 aromatic carbocycles. The molecule has 1 aromatic heterocycles. The van der Waals surface area contributed by atoms with Gasteiger partial charge in [-0.25, -0.2) is 4.98 Å². The third-order valence-corrected chi connectivity index (χ3v) is 5.47. The Morgan fingerprint density at radius 3 is 2.95 bits per heavy atom. The molecule has 3 rings (SSSR count). The topological polar surface area (TPSA) is 34.2 Å². The zero-order valence-electron chi connectivity index (χ0n) is 12.5. The number of rotatable bonds is 4. The first-order valence-corrected chi connectivity index (χ1v) is 8.77. The minimum absolute atomic E-state index is 0.298. The molecule has 1 unspecified atom stereocenters. The van der Waals surface area contributed by atoms with Crippen molar-refractivity contribution in [1.82, 2.24) is 10.3 Å². The molecule has 2 heterocycles. The molecule has 0 aliphatic carbocycles. The standard InChI is InChI=1S/C16H19BrN2OS/c1-9(16-10(2)19-11(3)21-16)18-8-13-7-14(17)6-12-4-5-20-15(12)13/h6-7,9,18H,4-5,8H2,1-3H3. The van der Waals surface area contributed by atoms with E-state index in [1.165, 1.54) is 16.0 Å². The maximum absolute atomic E-state index is 5.78. The van der Waals surface area contributed by atoms with Crippen LogP contribution in [0.2, 0.25) is 0 Å². The lowest BCUT2D eigenvalue weighted by Gasteiger charge is -2.15. The van der Waals surface area contributed by atoms with Crippen molar-refractivity contribution in [1.29, 1.82) is 0 Å². The molecule has 1 aliphatic heterocycles. The van der Waals surface area contributed by atoms with Crippen LogP contribution in [-0.2, 0) is 13.0 Å². The molecular weight excluding hydrogens is 348 g/mol. The van der Waals surface area contributed by atoms with E-state index in [-0.39, 0.29) is 0 Å². The van der Waals surface area contributed by atoms with Crippen molar-refractivity contribution >= 4 is 27.3 Å². The molecular formula is C16H19BrN2OS. The fourth-order valence-corrected chi connectivity index (χ4v) is 4.29. The number of thiazole rings is 1. The second-order valence-corrected chi connectivity index (χ2v) is 7.59. The first kappa shape index (κ1) is 15.0. The van der Waals surface area contributed by atoms with Crippen LogP contribution in [-0.4, -0.2) is 11.6 Å². The number of aryl methyl sites for hydroxylation is 2. The SMILES string of the molecule is Cc1nc(C)c(C(C)NCc2cc(Br)cc3c2OCC3)s1. The molecule has 1 aliphatic rings. The van der Waals surface area contributed by atoms with E-state index in [9.17, 15) is 0 Å². The predicted molar refractivity (Wildman–Crippen MR) is 90.2 cm³/mol. The van der Waals surface area contributed by atoms with E-state index in [1.807, 2.05) is 0 Å². The van der Waals surface area contributed by atoms with Gasteiger partial charge < -0.3 is 10.1 Å². The molecule has 5 heteroatoms. The van der Waals surface area contributed by atoms with Gasteiger partial charge in [0.25, 0.3) is 0 Å². The van der Waals surface area contributed by atoms with Crippen LogP contribution in [0, 0.1) is 13.8 Å². The summed E-state index contributed by atoms with van der Waals surface area (Å²) in [4.78, 5) is 5.82. The first-order valence-electron chi connectivity index (χ1n) is 7.16. The predicted octanol–water partition coefficient (Wildman–Crippen LogP) is 4.31. The molecule has 0 spiro atoms. The number of nitrogens with zero attached hydrogens (tertiary/aromatic N) is 1. The van der Waals surface area contributed by atoms with E-state index in [1.54, 1.807) is 11.3 Å². The molecule has 0 saturated heterocycles. The van der Waals surface area contributed by atoms with Crippen molar-refractivity contribution in [3.8, 4) is 5.75 Å². The van der Waals surface area contributed by atoms with Crippen molar-refractivity contribution in [2.24, 2.45) is 0 Å². The van der Waals surface area contributed by atoms with E-state index in [0.717, 1.165) is 40.5 Å². The number of nitrogens with one attached hydrogen (secondary N) is 1. The fourth-order valence-electron chi connectivity index (χ4n) is 2.78. The number of fused-ring (bicyclic) bond motifs is 1. The maximum atomic E-state index is 5.78. The van der Waals surface area contributed by atoms with Gasteiger partial charge in [0.1, 0.15) is 5.75 Å². The number of aromatic nitrogens is 1. The second-order valence-electron chi connectivity index (χ2n) is 5.44. The fraction of sp³-hybridized carbons (Fsp3) is 0.438. The Labute approximate surface area is 137 Å². The molecule has 21 heavy (non-hydrogen) atoms. The summed E-state index contributed by atoms with van der Waals surface area (Å²) < 4.78 is 6.91. The van der Waals surface area contributed by atoms with Crippen LogP contribution in [0.15, 0.2) is 16.6 Å². The van der Waals surface area contributed by atoms with Gasteiger partial charge in [-0.15, -0.1) is 11.3 Å². The lowest BCUT2D eigenvalue weighted by Crippen LogP contribution is -2.18. The molecule has 0 radical (unpaired) electrons. The average Bonchev–Trinajstić information content (AvgIpc) is 3.01. The van der Waals surface area contributed by atoms with Gasteiger partial charge in [-0.1, -0.05) is 15.9 Å². The normalized spacial score (nSPS) is 14.9. The Balaban J connectivity index is 1.75. The Hall–Kier alpha value is -0.910. The van der Waals surface area contributed by atoms with Gasteiger partial charge in [0.2, 0.25) is 0 Å². The van der Waals surface area contributed by atoms with Crippen molar-refractivity contribution in [2.45, 2.75) is 39.8 Å². The van der Waals surface area contributed by atoms with E-state index in [0.29, 0.717) is 6.04 Å². The molecule has 2 aromatic rings. The second kappa shape index (κ2) is 6.07. The zero-order chi connectivity index (χ0) is 15.0. The average molecular weight is 367 g/mol. The minimum atomic E-state index is 0.298. The Kier molecular flexibility index (Phi) is 4.33. The van der Waals surface area contributed by atoms with E-state index in [4.69, 9.17) is 4.74 Å². The van der Waals surface area contributed by atoms with Crippen molar-refractivity contribution in [3.05, 3.63) is 43.3 Å². The van der Waals surface area contributed by atoms with Gasteiger partial charge in [0.15, 0.2) is 0 Å². The Bertz CT molecular complexity index is 669. The molecule has 0 fully saturated rings. The largest absolute Gasteiger partial charge is 0.493 e. The third kappa shape index (κ3) is 3.15. The van der Waals surface area contributed by atoms with Gasteiger partial charge in [0, 0.05) is 33.9 Å². The number of hydrogen-bond acceptors (Lipinski definition) is 4. The summed E-state index contributed by atoms with van der Waals surface area (Å²) in [6.45, 7) is 7.93. The summed E-state index contributed by atoms with van der Waals surface area (Å²) in [7, 11) is 0. The number of hydrogen-bond donors (Lipinski definition) is 1. The summed E-state index contributed by atoms with van der Waals surface area (Å²) in [6.07, 6.45) is 1.00. The minimum Gasteiger partial charge on any atom is -0.493 e. The Morgan fingerprint density at radius 1 is 1.43 bits per heavy atom. The quantitative estimate of drug-likeness (QED) is 0.875. The molecule has 0 amide bonds. The first-order chi connectivity index (χ1) is 10.0. The lowest BCUT2D eigenvalue weighted by molar-refractivity contribution is 0.351. The highest BCUT2D eigenvalue weighted by atomic mass is 79.9. The van der Waals surface area contributed by atoms with E-state index < -0.39 is 0 Å². The summed E-state index contributed by atoms with van der Waals surface area (Å²) in [5, 5.41) is 4.72. The molecule has 3 nitrogen and oxygen atoms in total. The summed E-state index contributed by atoms with van der Waals surface area (Å²) >= 11 is 5.36. The molecule has 1 N–H and O–H groups in total. The zero-order valence-corrected chi connectivity index (χ0v) is 14.9. The van der Waals surface area contributed by atoms with Crippen LogP contribution >= 0.6 is 27.3 Å². The lowest BCUT2D eigenvalue weighted by atomic mass is 10.1. The summed E-state index contributed by atoms with van der Waals surface area (Å²) in [5.41, 5.74) is 3.66.